The minimum Gasteiger partial charge on any atom is -0.393 e. The van der Waals surface area contributed by atoms with Crippen molar-refractivity contribution in [1.82, 2.24) is 4.90 Å². The summed E-state index contributed by atoms with van der Waals surface area (Å²) in [5, 5.41) is 10.3. The topological polar surface area (TPSA) is 49.5 Å². The van der Waals surface area contributed by atoms with Gasteiger partial charge in [-0.25, -0.2) is 0 Å². The number of nitrogens with two attached hydrogens (primary N) is 1. The van der Waals surface area contributed by atoms with E-state index in [4.69, 9.17) is 5.73 Å². The number of benzene rings is 1. The summed E-state index contributed by atoms with van der Waals surface area (Å²) < 4.78 is 0. The monoisotopic (exact) mass is 304 g/mol. The number of aliphatic hydroxyl groups excluding tert-OH is 1. The Morgan fingerprint density at radius 3 is 2.55 bits per heavy atom. The minimum atomic E-state index is -0.116. The third kappa shape index (κ3) is 5.38. The molecule has 1 saturated heterocycles. The minimum absolute atomic E-state index is 0.116. The number of hydrogen-bond acceptors (Lipinski definition) is 3. The molecular formula is C19H32N2O. The SMILES string of the molecule is CC(C)C[C@@H](O)C1CCN(Cc2cccc(CCN)c2)CC1. The molecule has 1 atom stereocenters. The molecule has 124 valence electrons. The molecule has 0 saturated carbocycles. The number of hydrogen-bond donors (Lipinski definition) is 2. The van der Waals surface area contributed by atoms with Crippen molar-refractivity contribution in [3.63, 3.8) is 0 Å². The van der Waals surface area contributed by atoms with Crippen LogP contribution < -0.4 is 5.73 Å². The average molecular weight is 304 g/mol. The molecule has 1 heterocycles. The molecule has 1 aliphatic rings. The third-order valence-electron chi connectivity index (χ3n) is 4.72. The van der Waals surface area contributed by atoms with Crippen molar-refractivity contribution >= 4 is 0 Å². The summed E-state index contributed by atoms with van der Waals surface area (Å²) in [5.74, 6) is 1.07. The van der Waals surface area contributed by atoms with Crippen LogP contribution in [0.2, 0.25) is 0 Å². The van der Waals surface area contributed by atoms with Crippen LogP contribution >= 0.6 is 0 Å². The zero-order valence-electron chi connectivity index (χ0n) is 14.2. The van der Waals surface area contributed by atoms with E-state index in [2.05, 4.69) is 43.0 Å². The lowest BCUT2D eigenvalue weighted by Gasteiger charge is -2.34. The van der Waals surface area contributed by atoms with E-state index in [1.807, 2.05) is 0 Å². The summed E-state index contributed by atoms with van der Waals surface area (Å²) in [6.45, 7) is 8.30. The van der Waals surface area contributed by atoms with E-state index < -0.39 is 0 Å². The predicted octanol–water partition coefficient (Wildman–Crippen LogP) is 2.81. The first-order valence-electron chi connectivity index (χ1n) is 8.76. The van der Waals surface area contributed by atoms with Gasteiger partial charge in [0.2, 0.25) is 0 Å². The molecule has 0 aromatic heterocycles. The summed E-state index contributed by atoms with van der Waals surface area (Å²) >= 11 is 0. The van der Waals surface area contributed by atoms with Crippen LogP contribution in [0, 0.1) is 11.8 Å². The highest BCUT2D eigenvalue weighted by Crippen LogP contribution is 2.25. The molecule has 0 aliphatic carbocycles. The van der Waals surface area contributed by atoms with Crippen molar-refractivity contribution in [3.05, 3.63) is 35.4 Å². The van der Waals surface area contributed by atoms with Gasteiger partial charge in [-0.15, -0.1) is 0 Å². The van der Waals surface area contributed by atoms with Gasteiger partial charge in [-0.1, -0.05) is 38.1 Å². The van der Waals surface area contributed by atoms with E-state index in [0.29, 0.717) is 18.4 Å². The molecule has 3 heteroatoms. The van der Waals surface area contributed by atoms with E-state index in [0.717, 1.165) is 45.3 Å². The molecule has 1 aliphatic heterocycles. The van der Waals surface area contributed by atoms with E-state index in [1.54, 1.807) is 0 Å². The zero-order valence-corrected chi connectivity index (χ0v) is 14.2. The molecule has 3 N–H and O–H groups in total. The van der Waals surface area contributed by atoms with Crippen molar-refractivity contribution in [2.24, 2.45) is 17.6 Å². The summed E-state index contributed by atoms with van der Waals surface area (Å²) in [7, 11) is 0. The largest absolute Gasteiger partial charge is 0.393 e. The standard InChI is InChI=1S/C19H32N2O/c1-15(2)12-19(22)18-7-10-21(11-8-18)14-17-5-3-4-16(13-17)6-9-20/h3-5,13,15,18-19,22H,6-12,14,20H2,1-2H3/t19-/m1/s1. The second-order valence-electron chi connectivity index (χ2n) is 7.17. The lowest BCUT2D eigenvalue weighted by Crippen LogP contribution is -2.37. The van der Waals surface area contributed by atoms with Crippen LogP contribution in [0.5, 0.6) is 0 Å². The van der Waals surface area contributed by atoms with Gasteiger partial charge in [-0.3, -0.25) is 4.90 Å². The molecule has 3 nitrogen and oxygen atoms in total. The van der Waals surface area contributed by atoms with Gasteiger partial charge in [0.25, 0.3) is 0 Å². The van der Waals surface area contributed by atoms with Crippen LogP contribution in [0.1, 0.15) is 44.2 Å². The average Bonchev–Trinajstić information content (AvgIpc) is 2.48. The second kappa shape index (κ2) is 8.66. The Morgan fingerprint density at radius 1 is 1.23 bits per heavy atom. The van der Waals surface area contributed by atoms with Crippen molar-refractivity contribution < 1.29 is 5.11 Å². The maximum atomic E-state index is 10.3. The number of aliphatic hydroxyl groups is 1. The Bertz CT molecular complexity index is 439. The van der Waals surface area contributed by atoms with E-state index in [-0.39, 0.29) is 6.10 Å². The van der Waals surface area contributed by atoms with Gasteiger partial charge in [-0.05, 0) is 68.3 Å². The Balaban J connectivity index is 1.81. The maximum absolute atomic E-state index is 10.3. The van der Waals surface area contributed by atoms with Crippen LogP contribution in [0.15, 0.2) is 24.3 Å². The molecule has 22 heavy (non-hydrogen) atoms. The number of nitrogens with zero attached hydrogens (tertiary/aromatic N) is 1. The van der Waals surface area contributed by atoms with Gasteiger partial charge in [0.1, 0.15) is 0 Å². The molecule has 1 aromatic carbocycles. The summed E-state index contributed by atoms with van der Waals surface area (Å²) in [5.41, 5.74) is 8.36. The van der Waals surface area contributed by atoms with Gasteiger partial charge in [-0.2, -0.15) is 0 Å². The molecule has 0 amide bonds. The smallest absolute Gasteiger partial charge is 0.0571 e. The van der Waals surface area contributed by atoms with Gasteiger partial charge in [0.15, 0.2) is 0 Å². The quantitative estimate of drug-likeness (QED) is 0.814. The summed E-state index contributed by atoms with van der Waals surface area (Å²) in [6.07, 6.45) is 4.02. The first-order valence-corrected chi connectivity index (χ1v) is 8.76. The van der Waals surface area contributed by atoms with Crippen LogP contribution in [0.3, 0.4) is 0 Å². The van der Waals surface area contributed by atoms with Crippen molar-refractivity contribution in [3.8, 4) is 0 Å². The molecule has 0 radical (unpaired) electrons. The van der Waals surface area contributed by atoms with Crippen LogP contribution in [0.4, 0.5) is 0 Å². The lowest BCUT2D eigenvalue weighted by atomic mass is 9.87. The number of piperidine rings is 1. The molecule has 1 aromatic rings. The van der Waals surface area contributed by atoms with Crippen LogP contribution in [-0.2, 0) is 13.0 Å². The Hall–Kier alpha value is -0.900. The van der Waals surface area contributed by atoms with Gasteiger partial charge in [0, 0.05) is 6.54 Å². The molecule has 1 fully saturated rings. The van der Waals surface area contributed by atoms with Crippen molar-refractivity contribution in [1.29, 1.82) is 0 Å². The highest BCUT2D eigenvalue weighted by molar-refractivity contribution is 5.23. The van der Waals surface area contributed by atoms with Gasteiger partial charge in [0.05, 0.1) is 6.10 Å². The Kier molecular flexibility index (Phi) is 6.87. The summed E-state index contributed by atoms with van der Waals surface area (Å²) in [6, 6.07) is 8.79. The fourth-order valence-corrected chi connectivity index (χ4v) is 3.48. The second-order valence-corrected chi connectivity index (χ2v) is 7.17. The van der Waals surface area contributed by atoms with Crippen molar-refractivity contribution in [2.45, 2.75) is 52.2 Å². The number of likely N-dealkylation sites (tertiary alicyclic amines) is 1. The van der Waals surface area contributed by atoms with Crippen LogP contribution in [0.25, 0.3) is 0 Å². The first kappa shape index (κ1) is 17.5. The Labute approximate surface area is 135 Å². The first-order chi connectivity index (χ1) is 10.6. The molecule has 0 bridgehead atoms. The van der Waals surface area contributed by atoms with Gasteiger partial charge >= 0.3 is 0 Å². The predicted molar refractivity (Wildman–Crippen MR) is 92.7 cm³/mol. The normalized spacial score (nSPS) is 18.8. The maximum Gasteiger partial charge on any atom is 0.0571 e. The summed E-state index contributed by atoms with van der Waals surface area (Å²) in [4.78, 5) is 2.51. The number of rotatable bonds is 7. The van der Waals surface area contributed by atoms with Crippen molar-refractivity contribution in [2.75, 3.05) is 19.6 Å². The third-order valence-corrected chi connectivity index (χ3v) is 4.72. The lowest BCUT2D eigenvalue weighted by molar-refractivity contribution is 0.0436. The molecule has 0 unspecified atom stereocenters. The molecule has 0 spiro atoms. The highest BCUT2D eigenvalue weighted by atomic mass is 16.3. The fraction of sp³-hybridized carbons (Fsp3) is 0.684. The van der Waals surface area contributed by atoms with E-state index in [9.17, 15) is 5.11 Å². The van der Waals surface area contributed by atoms with Gasteiger partial charge < -0.3 is 10.8 Å². The molecular weight excluding hydrogens is 272 g/mol. The molecule has 2 rings (SSSR count). The fourth-order valence-electron chi connectivity index (χ4n) is 3.48. The Morgan fingerprint density at radius 2 is 1.91 bits per heavy atom. The van der Waals surface area contributed by atoms with Crippen LogP contribution in [-0.4, -0.2) is 35.7 Å². The van der Waals surface area contributed by atoms with E-state index in [1.165, 1.54) is 11.1 Å². The van der Waals surface area contributed by atoms with E-state index >= 15 is 0 Å². The highest BCUT2D eigenvalue weighted by Gasteiger charge is 2.25. The zero-order chi connectivity index (χ0) is 15.9.